The normalized spacial score (nSPS) is 37.3. The Labute approximate surface area is 147 Å². The molecule has 5 atom stereocenters. The second-order valence-electron chi connectivity index (χ2n) is 6.98. The molecule has 3 fully saturated rings. The van der Waals surface area contributed by atoms with Gasteiger partial charge in [0.25, 0.3) is 0 Å². The van der Waals surface area contributed by atoms with Gasteiger partial charge < -0.3 is 23.7 Å². The summed E-state index contributed by atoms with van der Waals surface area (Å²) in [5.41, 5.74) is 0. The van der Waals surface area contributed by atoms with Crippen LogP contribution in [0.2, 0.25) is 0 Å². The average molecular weight is 370 g/mol. The van der Waals surface area contributed by atoms with Crippen molar-refractivity contribution in [1.82, 2.24) is 0 Å². The van der Waals surface area contributed by atoms with Crippen molar-refractivity contribution < 1.29 is 32.1 Å². The highest BCUT2D eigenvalue weighted by Gasteiger charge is 2.51. The first kappa shape index (κ1) is 17.4. The summed E-state index contributed by atoms with van der Waals surface area (Å²) < 4.78 is 53.5. The Kier molecular flexibility index (Phi) is 4.38. The molecule has 0 N–H and O–H groups in total. The molecule has 7 nitrogen and oxygen atoms in total. The Balaban J connectivity index is 1.34. The molecule has 8 heteroatoms. The lowest BCUT2D eigenvalue weighted by molar-refractivity contribution is -0.215. The summed E-state index contributed by atoms with van der Waals surface area (Å²) in [6, 6.07) is 8.30. The summed E-state index contributed by atoms with van der Waals surface area (Å²) in [5.74, 6) is -0.854. The number of sulfone groups is 1. The number of hydrogen-bond acceptors (Lipinski definition) is 7. The molecule has 3 aliphatic heterocycles. The van der Waals surface area contributed by atoms with E-state index in [1.54, 1.807) is 30.3 Å². The van der Waals surface area contributed by atoms with Gasteiger partial charge in [0.1, 0.15) is 18.0 Å². The van der Waals surface area contributed by atoms with Gasteiger partial charge in [0, 0.05) is 6.42 Å². The van der Waals surface area contributed by atoms with Crippen LogP contribution in [0, 0.1) is 0 Å². The van der Waals surface area contributed by atoms with Crippen LogP contribution in [0.1, 0.15) is 20.3 Å². The zero-order valence-electron chi connectivity index (χ0n) is 14.2. The molecule has 1 aromatic carbocycles. The van der Waals surface area contributed by atoms with E-state index in [4.69, 9.17) is 23.7 Å². The van der Waals surface area contributed by atoms with E-state index in [1.165, 1.54) is 0 Å². The molecule has 4 rings (SSSR count). The van der Waals surface area contributed by atoms with Gasteiger partial charge in [-0.15, -0.1) is 0 Å². The number of rotatable bonds is 4. The molecule has 3 saturated heterocycles. The molecule has 1 unspecified atom stereocenters. The van der Waals surface area contributed by atoms with Gasteiger partial charge in [0.05, 0.1) is 17.6 Å². The third-order valence-corrected chi connectivity index (χ3v) is 6.26. The predicted octanol–water partition coefficient (Wildman–Crippen LogP) is 1.47. The summed E-state index contributed by atoms with van der Waals surface area (Å²) in [5, 5.41) is 0. The van der Waals surface area contributed by atoms with Gasteiger partial charge in [-0.05, 0) is 26.0 Å². The van der Waals surface area contributed by atoms with Crippen molar-refractivity contribution in [3.05, 3.63) is 30.3 Å². The zero-order chi connectivity index (χ0) is 17.7. The minimum atomic E-state index is -3.46. The van der Waals surface area contributed by atoms with Crippen molar-refractivity contribution in [1.29, 1.82) is 0 Å². The molecule has 138 valence electrons. The highest BCUT2D eigenvalue weighted by molar-refractivity contribution is 7.91. The quantitative estimate of drug-likeness (QED) is 0.794. The van der Waals surface area contributed by atoms with Crippen molar-refractivity contribution in [3.8, 4) is 0 Å². The smallest absolute Gasteiger partial charge is 0.187 e. The topological polar surface area (TPSA) is 80.3 Å². The fourth-order valence-corrected chi connectivity index (χ4v) is 4.73. The lowest BCUT2D eigenvalue weighted by Crippen LogP contribution is -2.33. The van der Waals surface area contributed by atoms with Crippen LogP contribution in [-0.2, 0) is 33.5 Å². The maximum absolute atomic E-state index is 12.4. The van der Waals surface area contributed by atoms with Crippen LogP contribution in [0.3, 0.4) is 0 Å². The monoisotopic (exact) mass is 370 g/mol. The van der Waals surface area contributed by atoms with Crippen molar-refractivity contribution in [2.24, 2.45) is 0 Å². The molecule has 0 spiro atoms. The summed E-state index contributed by atoms with van der Waals surface area (Å²) in [6.07, 6.45) is -1.24. The van der Waals surface area contributed by atoms with E-state index in [9.17, 15) is 8.42 Å². The van der Waals surface area contributed by atoms with Crippen molar-refractivity contribution in [2.75, 3.05) is 12.4 Å². The van der Waals surface area contributed by atoms with E-state index in [0.29, 0.717) is 13.0 Å². The SMILES string of the molecule is CC1(C)O[C@H]2O[C@H]([C@H]3COC(CS(=O)(=O)c4ccccc4)O3)C[C@H]2O1. The van der Waals surface area contributed by atoms with Gasteiger partial charge in [-0.25, -0.2) is 8.42 Å². The molecule has 3 aliphatic rings. The number of fused-ring (bicyclic) bond motifs is 1. The van der Waals surface area contributed by atoms with Gasteiger partial charge >= 0.3 is 0 Å². The van der Waals surface area contributed by atoms with Crippen molar-refractivity contribution >= 4 is 9.84 Å². The van der Waals surface area contributed by atoms with Crippen LogP contribution in [0.5, 0.6) is 0 Å². The first-order chi connectivity index (χ1) is 11.8. The second kappa shape index (κ2) is 6.29. The highest BCUT2D eigenvalue weighted by atomic mass is 32.2. The fraction of sp³-hybridized carbons (Fsp3) is 0.647. The number of benzene rings is 1. The third kappa shape index (κ3) is 3.60. The van der Waals surface area contributed by atoms with E-state index in [2.05, 4.69) is 0 Å². The summed E-state index contributed by atoms with van der Waals surface area (Å²) in [4.78, 5) is 0.265. The van der Waals surface area contributed by atoms with E-state index in [1.807, 2.05) is 13.8 Å². The third-order valence-electron chi connectivity index (χ3n) is 4.56. The molecule has 1 aromatic rings. The van der Waals surface area contributed by atoms with Crippen LogP contribution >= 0.6 is 0 Å². The standard InChI is InChI=1S/C17H22O7S/c1-17(2)23-13-8-12(22-16(13)24-17)14-9-20-15(21-14)10-25(18,19)11-6-4-3-5-7-11/h3-7,12-16H,8-10H2,1-2H3/t12-,13+,14+,15?,16+/m0/s1. The van der Waals surface area contributed by atoms with Crippen LogP contribution in [0.15, 0.2) is 35.2 Å². The highest BCUT2D eigenvalue weighted by Crippen LogP contribution is 2.39. The molecule has 0 amide bonds. The fourth-order valence-electron chi connectivity index (χ4n) is 3.44. The van der Waals surface area contributed by atoms with E-state index >= 15 is 0 Å². The van der Waals surface area contributed by atoms with E-state index in [-0.39, 0.29) is 29.0 Å². The van der Waals surface area contributed by atoms with Crippen LogP contribution in [0.4, 0.5) is 0 Å². The lowest BCUT2D eigenvalue weighted by atomic mass is 10.1. The Morgan fingerprint density at radius 2 is 1.80 bits per heavy atom. The lowest BCUT2D eigenvalue weighted by Gasteiger charge is -2.22. The Morgan fingerprint density at radius 1 is 1.04 bits per heavy atom. The van der Waals surface area contributed by atoms with Gasteiger partial charge in [-0.3, -0.25) is 0 Å². The van der Waals surface area contributed by atoms with Gasteiger partial charge in [0.2, 0.25) is 0 Å². The first-order valence-corrected chi connectivity index (χ1v) is 10.0. The molecule has 3 heterocycles. The zero-order valence-corrected chi connectivity index (χ0v) is 15.0. The van der Waals surface area contributed by atoms with Crippen molar-refractivity contribution in [3.63, 3.8) is 0 Å². The van der Waals surface area contributed by atoms with E-state index in [0.717, 1.165) is 0 Å². The van der Waals surface area contributed by atoms with Gasteiger partial charge in [0.15, 0.2) is 28.2 Å². The summed E-state index contributed by atoms with van der Waals surface area (Å²) >= 11 is 0. The number of ether oxygens (including phenoxy) is 5. The molecule has 0 aliphatic carbocycles. The van der Waals surface area contributed by atoms with Crippen LogP contribution in [0.25, 0.3) is 0 Å². The minimum absolute atomic E-state index is 0.129. The Bertz CT molecular complexity index is 702. The second-order valence-corrected chi connectivity index (χ2v) is 9.02. The molecule has 25 heavy (non-hydrogen) atoms. The summed E-state index contributed by atoms with van der Waals surface area (Å²) in [6.45, 7) is 4.00. The maximum atomic E-state index is 12.4. The largest absolute Gasteiger partial charge is 0.349 e. The van der Waals surface area contributed by atoms with Crippen LogP contribution < -0.4 is 0 Å². The molecule has 0 saturated carbocycles. The molecule has 0 aromatic heterocycles. The Hall–Kier alpha value is -1.03. The molecular formula is C17H22O7S. The van der Waals surface area contributed by atoms with Crippen molar-refractivity contribution in [2.45, 2.75) is 61.8 Å². The predicted molar refractivity (Wildman–Crippen MR) is 86.4 cm³/mol. The molecular weight excluding hydrogens is 348 g/mol. The average Bonchev–Trinajstić information content (AvgIpc) is 3.20. The summed E-state index contributed by atoms with van der Waals surface area (Å²) in [7, 11) is -3.46. The van der Waals surface area contributed by atoms with Gasteiger partial charge in [-0.1, -0.05) is 18.2 Å². The Morgan fingerprint density at radius 3 is 2.52 bits per heavy atom. The molecule has 0 bridgehead atoms. The first-order valence-electron chi connectivity index (χ1n) is 8.38. The number of hydrogen-bond donors (Lipinski definition) is 0. The van der Waals surface area contributed by atoms with Gasteiger partial charge in [-0.2, -0.15) is 0 Å². The van der Waals surface area contributed by atoms with Crippen LogP contribution in [-0.4, -0.2) is 57.5 Å². The maximum Gasteiger partial charge on any atom is 0.187 e. The minimum Gasteiger partial charge on any atom is -0.349 e. The molecule has 0 radical (unpaired) electrons. The van der Waals surface area contributed by atoms with E-state index < -0.39 is 28.2 Å².